The monoisotopic (exact) mass is 474 g/mol. The Balaban J connectivity index is 1.17. The molecule has 0 aromatic heterocycles. The summed E-state index contributed by atoms with van der Waals surface area (Å²) in [6, 6.07) is 23.1. The predicted octanol–water partition coefficient (Wildman–Crippen LogP) is 4.20. The van der Waals surface area contributed by atoms with Crippen molar-refractivity contribution in [1.29, 1.82) is 0 Å². The third-order valence-electron chi connectivity index (χ3n) is 6.15. The van der Waals surface area contributed by atoms with E-state index in [2.05, 4.69) is 42.5 Å². The summed E-state index contributed by atoms with van der Waals surface area (Å²) in [6.45, 7) is 4.18. The second-order valence-corrected chi connectivity index (χ2v) is 9.43. The molecule has 3 aliphatic rings. The van der Waals surface area contributed by atoms with Gasteiger partial charge < -0.3 is 28.4 Å². The number of ether oxygens (including phenoxy) is 6. The summed E-state index contributed by atoms with van der Waals surface area (Å²) in [5, 5.41) is 0. The second-order valence-electron chi connectivity index (χ2n) is 9.43. The zero-order chi connectivity index (χ0) is 23.5. The summed E-state index contributed by atoms with van der Waals surface area (Å²) in [7, 11) is 0. The van der Waals surface area contributed by atoms with Crippen LogP contribution in [0, 0.1) is 0 Å². The lowest BCUT2D eigenvalue weighted by Crippen LogP contribution is -2.06. The van der Waals surface area contributed by atoms with Gasteiger partial charge in [-0.05, 0) is 71.5 Å². The SMILES string of the molecule is c1cc(Cc2cc(Cc3cccc(OCC4CO4)c3)cc(OCC3CO3)c2)cc(OCC2CO2)c1. The molecule has 0 radical (unpaired) electrons. The van der Waals surface area contributed by atoms with Gasteiger partial charge in [0.2, 0.25) is 0 Å². The third-order valence-corrected chi connectivity index (χ3v) is 6.15. The quantitative estimate of drug-likeness (QED) is 0.346. The molecule has 0 spiro atoms. The van der Waals surface area contributed by atoms with Gasteiger partial charge in [-0.3, -0.25) is 0 Å². The van der Waals surface area contributed by atoms with E-state index in [1.165, 1.54) is 22.3 Å². The van der Waals surface area contributed by atoms with Crippen LogP contribution < -0.4 is 14.2 Å². The number of hydrogen-bond acceptors (Lipinski definition) is 6. The van der Waals surface area contributed by atoms with Crippen LogP contribution in [-0.2, 0) is 27.1 Å². The van der Waals surface area contributed by atoms with Crippen LogP contribution in [0.2, 0.25) is 0 Å². The average Bonchev–Trinajstić information content (AvgIpc) is 3.72. The number of benzene rings is 3. The molecule has 0 bridgehead atoms. The molecule has 3 saturated heterocycles. The highest BCUT2D eigenvalue weighted by Gasteiger charge is 2.24. The summed E-state index contributed by atoms with van der Waals surface area (Å²) < 4.78 is 33.6. The normalized spacial score (nSPS) is 21.9. The van der Waals surface area contributed by atoms with Crippen LogP contribution in [0.25, 0.3) is 0 Å². The molecule has 0 amide bonds. The van der Waals surface area contributed by atoms with Crippen LogP contribution in [0.1, 0.15) is 22.3 Å². The molecule has 0 aliphatic carbocycles. The lowest BCUT2D eigenvalue weighted by atomic mass is 9.98. The van der Waals surface area contributed by atoms with E-state index in [4.69, 9.17) is 28.4 Å². The Labute approximate surface area is 205 Å². The van der Waals surface area contributed by atoms with Crippen molar-refractivity contribution in [3.8, 4) is 17.2 Å². The molecule has 3 aliphatic heterocycles. The van der Waals surface area contributed by atoms with Crippen molar-refractivity contribution in [3.05, 3.63) is 89.0 Å². The zero-order valence-corrected chi connectivity index (χ0v) is 19.7. The first-order valence-corrected chi connectivity index (χ1v) is 12.3. The first-order chi connectivity index (χ1) is 17.2. The van der Waals surface area contributed by atoms with Gasteiger partial charge in [-0.1, -0.05) is 30.3 Å². The number of hydrogen-bond donors (Lipinski definition) is 0. The van der Waals surface area contributed by atoms with Gasteiger partial charge in [-0.2, -0.15) is 0 Å². The van der Waals surface area contributed by atoms with Gasteiger partial charge >= 0.3 is 0 Å². The molecule has 3 heterocycles. The summed E-state index contributed by atoms with van der Waals surface area (Å²) in [6.07, 6.45) is 2.31. The van der Waals surface area contributed by atoms with Crippen molar-refractivity contribution in [2.45, 2.75) is 31.2 Å². The van der Waals surface area contributed by atoms with Crippen molar-refractivity contribution in [3.63, 3.8) is 0 Å². The van der Waals surface area contributed by atoms with Crippen LogP contribution in [0.5, 0.6) is 17.2 Å². The maximum absolute atomic E-state index is 6.08. The minimum Gasteiger partial charge on any atom is -0.491 e. The van der Waals surface area contributed by atoms with Gasteiger partial charge in [0.15, 0.2) is 0 Å². The van der Waals surface area contributed by atoms with E-state index in [0.29, 0.717) is 19.8 Å². The lowest BCUT2D eigenvalue weighted by Gasteiger charge is -2.13. The first kappa shape index (κ1) is 22.4. The van der Waals surface area contributed by atoms with Crippen LogP contribution in [0.3, 0.4) is 0 Å². The molecule has 35 heavy (non-hydrogen) atoms. The van der Waals surface area contributed by atoms with Crippen molar-refractivity contribution < 1.29 is 28.4 Å². The Morgan fingerprint density at radius 3 is 1.34 bits per heavy atom. The molecule has 3 aromatic carbocycles. The van der Waals surface area contributed by atoms with Crippen LogP contribution in [-0.4, -0.2) is 58.0 Å². The van der Waals surface area contributed by atoms with E-state index in [1.54, 1.807) is 0 Å². The molecule has 3 atom stereocenters. The van der Waals surface area contributed by atoms with Gasteiger partial charge in [0.25, 0.3) is 0 Å². The Morgan fingerprint density at radius 2 is 0.914 bits per heavy atom. The van der Waals surface area contributed by atoms with Crippen LogP contribution >= 0.6 is 0 Å². The zero-order valence-electron chi connectivity index (χ0n) is 19.7. The molecular formula is C29H30O6. The maximum Gasteiger partial charge on any atom is 0.120 e. The fourth-order valence-electron chi connectivity index (χ4n) is 4.04. The van der Waals surface area contributed by atoms with Crippen molar-refractivity contribution in [2.24, 2.45) is 0 Å². The first-order valence-electron chi connectivity index (χ1n) is 12.3. The smallest absolute Gasteiger partial charge is 0.120 e. The molecule has 0 N–H and O–H groups in total. The fraction of sp³-hybridized carbons (Fsp3) is 0.379. The minimum absolute atomic E-state index is 0.218. The molecule has 3 fully saturated rings. The van der Waals surface area contributed by atoms with Gasteiger partial charge in [0.1, 0.15) is 55.4 Å². The van der Waals surface area contributed by atoms with Crippen molar-refractivity contribution >= 4 is 0 Å². The molecule has 6 rings (SSSR count). The van der Waals surface area contributed by atoms with E-state index >= 15 is 0 Å². The maximum atomic E-state index is 6.08. The van der Waals surface area contributed by atoms with E-state index in [-0.39, 0.29) is 18.3 Å². The van der Waals surface area contributed by atoms with Gasteiger partial charge in [-0.15, -0.1) is 0 Å². The lowest BCUT2D eigenvalue weighted by molar-refractivity contribution is 0.262. The van der Waals surface area contributed by atoms with Crippen LogP contribution in [0.4, 0.5) is 0 Å². The molecule has 6 nitrogen and oxygen atoms in total. The summed E-state index contributed by atoms with van der Waals surface area (Å²) in [5.74, 6) is 2.64. The van der Waals surface area contributed by atoms with Crippen molar-refractivity contribution in [2.75, 3.05) is 39.6 Å². The predicted molar refractivity (Wildman–Crippen MR) is 131 cm³/mol. The summed E-state index contributed by atoms with van der Waals surface area (Å²) in [5.41, 5.74) is 4.81. The van der Waals surface area contributed by atoms with E-state index in [9.17, 15) is 0 Å². The van der Waals surface area contributed by atoms with E-state index in [1.807, 2.05) is 24.3 Å². The van der Waals surface area contributed by atoms with E-state index < -0.39 is 0 Å². The minimum atomic E-state index is 0.218. The second kappa shape index (κ2) is 10.3. The summed E-state index contributed by atoms with van der Waals surface area (Å²) in [4.78, 5) is 0. The Morgan fingerprint density at radius 1 is 0.514 bits per heavy atom. The third kappa shape index (κ3) is 6.98. The molecule has 3 unspecified atom stereocenters. The van der Waals surface area contributed by atoms with Gasteiger partial charge in [0.05, 0.1) is 19.8 Å². The van der Waals surface area contributed by atoms with Crippen molar-refractivity contribution in [1.82, 2.24) is 0 Å². The highest BCUT2D eigenvalue weighted by Crippen LogP contribution is 2.26. The molecule has 182 valence electrons. The summed E-state index contributed by atoms with van der Waals surface area (Å²) >= 11 is 0. The number of rotatable bonds is 13. The average molecular weight is 475 g/mol. The molecule has 3 aromatic rings. The Bertz CT molecular complexity index is 1070. The highest BCUT2D eigenvalue weighted by molar-refractivity contribution is 5.41. The van der Waals surface area contributed by atoms with E-state index in [0.717, 1.165) is 49.9 Å². The Hall–Kier alpha value is -3.06. The molecule has 0 saturated carbocycles. The Kier molecular flexibility index (Phi) is 6.58. The largest absolute Gasteiger partial charge is 0.491 e. The van der Waals surface area contributed by atoms with Crippen LogP contribution in [0.15, 0.2) is 66.7 Å². The standard InChI is InChI=1S/C29H30O6/c1-3-20(10-24(5-1)30-14-27-17-33-27)7-22-9-23(13-26(12-22)32-16-29-19-35-29)8-21-4-2-6-25(11-21)31-15-28-18-34-28/h1-6,9-13,27-29H,7-8,14-19H2. The molecular weight excluding hydrogens is 444 g/mol. The fourth-order valence-corrected chi connectivity index (χ4v) is 4.04. The van der Waals surface area contributed by atoms with Gasteiger partial charge in [-0.25, -0.2) is 0 Å². The topological polar surface area (TPSA) is 65.3 Å². The number of epoxide rings is 3. The van der Waals surface area contributed by atoms with Gasteiger partial charge in [0, 0.05) is 0 Å². The highest BCUT2D eigenvalue weighted by atomic mass is 16.6. The molecule has 6 heteroatoms.